The first-order chi connectivity index (χ1) is 18.1. The Morgan fingerprint density at radius 1 is 1.18 bits per heavy atom. The van der Waals surface area contributed by atoms with Crippen molar-refractivity contribution in [3.05, 3.63) is 71.5 Å². The lowest BCUT2D eigenvalue weighted by Gasteiger charge is -2.18. The molecule has 38 heavy (non-hydrogen) atoms. The second kappa shape index (κ2) is 8.69. The Hall–Kier alpha value is -4.19. The van der Waals surface area contributed by atoms with E-state index < -0.39 is 29.3 Å². The van der Waals surface area contributed by atoms with Gasteiger partial charge in [0.2, 0.25) is 17.5 Å². The van der Waals surface area contributed by atoms with E-state index in [9.17, 15) is 18.0 Å². The number of halogens is 3. The van der Waals surface area contributed by atoms with Crippen LogP contribution in [-0.2, 0) is 16.4 Å². The molecule has 0 aliphatic carbocycles. The normalized spacial score (nSPS) is 20.4. The van der Waals surface area contributed by atoms with Crippen molar-refractivity contribution in [2.45, 2.75) is 44.0 Å². The number of benzene rings is 2. The van der Waals surface area contributed by atoms with Gasteiger partial charge in [-0.3, -0.25) is 4.79 Å². The molecule has 2 aromatic heterocycles. The van der Waals surface area contributed by atoms with Gasteiger partial charge in [-0.15, -0.1) is 5.10 Å². The molecule has 1 fully saturated rings. The van der Waals surface area contributed by atoms with Gasteiger partial charge in [0, 0.05) is 42.8 Å². The molecule has 6 rings (SSSR count). The molecular formula is C26H24F3N7O2. The van der Waals surface area contributed by atoms with Crippen LogP contribution in [0, 0.1) is 0 Å². The Bertz CT molecular complexity index is 1550. The molecule has 2 atom stereocenters. The zero-order valence-corrected chi connectivity index (χ0v) is 20.5. The van der Waals surface area contributed by atoms with Gasteiger partial charge in [-0.1, -0.05) is 24.3 Å². The number of ether oxygens (including phenoxy) is 1. The Labute approximate surface area is 215 Å². The number of carbonyl (C=O) groups is 1. The number of carbonyl (C=O) groups excluding carboxylic acids is 1. The van der Waals surface area contributed by atoms with Crippen LogP contribution in [0.25, 0.3) is 5.65 Å². The standard InChI is InChI=1S/C26H24F3N7O2/c1-25(2)18-8-7-14(11-20(18)33-23(25)37)32-24-34-21-22(30-9-10-36(21)35-24)38-15-12-19(31-13-15)16-5-3-4-6-17(16)26(27,28)29/h3-11,15,19,31H,12-13H2,1-2H3,(H,32,35)(H,33,37). The molecule has 0 radical (unpaired) electrons. The van der Waals surface area contributed by atoms with Gasteiger partial charge >= 0.3 is 6.18 Å². The SMILES string of the molecule is CC1(C)C(=O)Nc2cc(Nc3nc4c(OC5CNC(c6ccccc6C(F)(F)F)C5)nccn4n3)ccc21. The molecular weight excluding hydrogens is 499 g/mol. The zero-order valence-electron chi connectivity index (χ0n) is 20.5. The first kappa shape index (κ1) is 24.2. The molecule has 2 aliphatic rings. The van der Waals surface area contributed by atoms with E-state index in [4.69, 9.17) is 4.74 Å². The lowest BCUT2D eigenvalue weighted by molar-refractivity contribution is -0.138. The summed E-state index contributed by atoms with van der Waals surface area (Å²) < 4.78 is 48.0. The fourth-order valence-electron chi connectivity index (χ4n) is 4.98. The van der Waals surface area contributed by atoms with Crippen molar-refractivity contribution in [2.75, 3.05) is 17.2 Å². The number of amides is 1. The smallest absolute Gasteiger partial charge is 0.416 e. The average Bonchev–Trinajstić information content (AvgIpc) is 3.55. The first-order valence-corrected chi connectivity index (χ1v) is 12.1. The maximum absolute atomic E-state index is 13.5. The Kier molecular flexibility index (Phi) is 5.53. The van der Waals surface area contributed by atoms with Gasteiger partial charge in [-0.25, -0.2) is 9.50 Å². The van der Waals surface area contributed by atoms with Crippen LogP contribution in [0.4, 0.5) is 30.5 Å². The number of hydrogen-bond donors (Lipinski definition) is 3. The zero-order chi connectivity index (χ0) is 26.7. The summed E-state index contributed by atoms with van der Waals surface area (Å²) in [5, 5.41) is 13.6. The second-order valence-corrected chi connectivity index (χ2v) is 9.92. The second-order valence-electron chi connectivity index (χ2n) is 9.92. The minimum Gasteiger partial charge on any atom is -0.470 e. The van der Waals surface area contributed by atoms with Crippen LogP contribution in [0.1, 0.15) is 43.0 Å². The highest BCUT2D eigenvalue weighted by Gasteiger charge is 2.39. The molecule has 1 saturated heterocycles. The number of nitrogens with zero attached hydrogens (tertiary/aromatic N) is 4. The van der Waals surface area contributed by atoms with E-state index in [1.54, 1.807) is 12.3 Å². The molecule has 1 amide bonds. The molecule has 4 aromatic rings. The number of hydrogen-bond acceptors (Lipinski definition) is 7. The number of anilines is 3. The Balaban J connectivity index is 1.19. The average molecular weight is 524 g/mol. The van der Waals surface area contributed by atoms with Crippen LogP contribution in [0.15, 0.2) is 54.9 Å². The first-order valence-electron chi connectivity index (χ1n) is 12.1. The summed E-state index contributed by atoms with van der Waals surface area (Å²) in [6.45, 7) is 4.10. The molecule has 196 valence electrons. The monoisotopic (exact) mass is 523 g/mol. The van der Waals surface area contributed by atoms with Gasteiger partial charge in [0.05, 0.1) is 11.0 Å². The fraction of sp³-hybridized carbons (Fsp3) is 0.308. The Morgan fingerprint density at radius 2 is 2.00 bits per heavy atom. The lowest BCUT2D eigenvalue weighted by Crippen LogP contribution is -2.26. The largest absolute Gasteiger partial charge is 0.470 e. The molecule has 0 bridgehead atoms. The van der Waals surface area contributed by atoms with Gasteiger partial charge in [0.15, 0.2) is 0 Å². The number of aromatic nitrogens is 4. The third kappa shape index (κ3) is 4.20. The maximum Gasteiger partial charge on any atom is 0.416 e. The molecule has 0 spiro atoms. The number of nitrogens with one attached hydrogen (secondary N) is 3. The van der Waals surface area contributed by atoms with Crippen molar-refractivity contribution in [3.8, 4) is 5.88 Å². The van der Waals surface area contributed by atoms with Gasteiger partial charge in [-0.2, -0.15) is 18.2 Å². The van der Waals surface area contributed by atoms with E-state index in [-0.39, 0.29) is 17.4 Å². The van der Waals surface area contributed by atoms with E-state index >= 15 is 0 Å². The van der Waals surface area contributed by atoms with Crippen molar-refractivity contribution in [1.82, 2.24) is 24.9 Å². The minimum absolute atomic E-state index is 0.0612. The van der Waals surface area contributed by atoms with E-state index in [1.807, 2.05) is 32.0 Å². The van der Waals surface area contributed by atoms with Crippen molar-refractivity contribution in [3.63, 3.8) is 0 Å². The molecule has 2 aliphatic heterocycles. The minimum atomic E-state index is -4.43. The highest BCUT2D eigenvalue weighted by molar-refractivity contribution is 6.06. The van der Waals surface area contributed by atoms with E-state index in [0.29, 0.717) is 30.2 Å². The maximum atomic E-state index is 13.5. The quantitative estimate of drug-likeness (QED) is 0.351. The van der Waals surface area contributed by atoms with E-state index in [2.05, 4.69) is 31.0 Å². The van der Waals surface area contributed by atoms with Crippen molar-refractivity contribution < 1.29 is 22.7 Å². The summed E-state index contributed by atoms with van der Waals surface area (Å²) in [7, 11) is 0. The van der Waals surface area contributed by atoms with Crippen molar-refractivity contribution in [2.24, 2.45) is 0 Å². The highest BCUT2D eigenvalue weighted by Crippen LogP contribution is 2.39. The topological polar surface area (TPSA) is 105 Å². The number of rotatable bonds is 5. The van der Waals surface area contributed by atoms with E-state index in [0.717, 1.165) is 17.3 Å². The van der Waals surface area contributed by atoms with Gasteiger partial charge in [0.25, 0.3) is 5.88 Å². The number of fused-ring (bicyclic) bond motifs is 2. The lowest BCUT2D eigenvalue weighted by atomic mass is 9.86. The molecule has 9 nitrogen and oxygen atoms in total. The van der Waals surface area contributed by atoms with Crippen LogP contribution in [-0.4, -0.2) is 38.1 Å². The fourth-order valence-corrected chi connectivity index (χ4v) is 4.98. The molecule has 2 unspecified atom stereocenters. The molecule has 4 heterocycles. The van der Waals surface area contributed by atoms with Gasteiger partial charge in [-0.05, 0) is 43.2 Å². The van der Waals surface area contributed by atoms with Crippen molar-refractivity contribution in [1.29, 1.82) is 0 Å². The van der Waals surface area contributed by atoms with Crippen LogP contribution in [0.3, 0.4) is 0 Å². The summed E-state index contributed by atoms with van der Waals surface area (Å²) in [6.07, 6.45) is -1.35. The number of alkyl halides is 3. The van der Waals surface area contributed by atoms with Gasteiger partial charge < -0.3 is 20.7 Å². The summed E-state index contributed by atoms with van der Waals surface area (Å²) in [6, 6.07) is 10.6. The summed E-state index contributed by atoms with van der Waals surface area (Å²) in [5.41, 5.74) is 1.65. The van der Waals surface area contributed by atoms with Crippen LogP contribution in [0.2, 0.25) is 0 Å². The molecule has 3 N–H and O–H groups in total. The third-order valence-electron chi connectivity index (χ3n) is 7.00. The predicted octanol–water partition coefficient (Wildman–Crippen LogP) is 4.60. The molecule has 2 aromatic carbocycles. The van der Waals surface area contributed by atoms with Crippen LogP contribution >= 0.6 is 0 Å². The highest BCUT2D eigenvalue weighted by atomic mass is 19.4. The molecule has 12 heteroatoms. The van der Waals surface area contributed by atoms with E-state index in [1.165, 1.54) is 22.8 Å². The summed E-state index contributed by atoms with van der Waals surface area (Å²) >= 11 is 0. The molecule has 0 saturated carbocycles. The summed E-state index contributed by atoms with van der Waals surface area (Å²) in [4.78, 5) is 21.0. The predicted molar refractivity (Wildman–Crippen MR) is 133 cm³/mol. The van der Waals surface area contributed by atoms with Crippen LogP contribution < -0.4 is 20.7 Å². The van der Waals surface area contributed by atoms with Crippen molar-refractivity contribution >= 4 is 28.9 Å². The van der Waals surface area contributed by atoms with Crippen LogP contribution in [0.5, 0.6) is 5.88 Å². The Morgan fingerprint density at radius 3 is 2.82 bits per heavy atom. The third-order valence-corrected chi connectivity index (χ3v) is 7.00. The van der Waals surface area contributed by atoms with Gasteiger partial charge in [0.1, 0.15) is 6.10 Å². The summed E-state index contributed by atoms with van der Waals surface area (Å²) in [5.74, 6) is 0.467.